The van der Waals surface area contributed by atoms with Gasteiger partial charge >= 0.3 is 6.09 Å². The number of Topliss-reactive ketones (excluding diaryl/α,β-unsaturated/α-hetero) is 1. The van der Waals surface area contributed by atoms with E-state index in [1.54, 1.807) is 11.1 Å². The van der Waals surface area contributed by atoms with E-state index in [0.29, 0.717) is 47.7 Å². The first-order valence-corrected chi connectivity index (χ1v) is 14.3. The summed E-state index contributed by atoms with van der Waals surface area (Å²) in [6, 6.07) is 6.44. The summed E-state index contributed by atoms with van der Waals surface area (Å²) in [5.41, 5.74) is 10.3. The van der Waals surface area contributed by atoms with E-state index >= 15 is 0 Å². The molecule has 10 nitrogen and oxygen atoms in total. The van der Waals surface area contributed by atoms with Crippen LogP contribution in [-0.2, 0) is 4.74 Å². The van der Waals surface area contributed by atoms with Crippen LogP contribution < -0.4 is 5.73 Å². The number of hydrogen-bond acceptors (Lipinski definition) is 7. The topological polar surface area (TPSA) is 121 Å². The van der Waals surface area contributed by atoms with Gasteiger partial charge in [0.1, 0.15) is 17.1 Å². The molecule has 1 amide bonds. The molecular formula is C31H33N7O3. The maximum atomic E-state index is 13.3. The fraction of sp³-hybridized carbons (Fsp3) is 0.452. The van der Waals surface area contributed by atoms with Crippen molar-refractivity contribution in [3.63, 3.8) is 0 Å². The molecule has 3 fully saturated rings. The van der Waals surface area contributed by atoms with Gasteiger partial charge in [0, 0.05) is 36.8 Å². The van der Waals surface area contributed by atoms with Gasteiger partial charge in [-0.1, -0.05) is 5.92 Å². The minimum atomic E-state index is -0.584. The van der Waals surface area contributed by atoms with Crippen molar-refractivity contribution >= 4 is 39.6 Å². The summed E-state index contributed by atoms with van der Waals surface area (Å²) in [6.07, 6.45) is 7.93. The average Bonchev–Trinajstić information content (AvgIpc) is 3.83. The number of anilines is 1. The fourth-order valence-corrected chi connectivity index (χ4v) is 5.61. The van der Waals surface area contributed by atoms with Crippen molar-refractivity contribution in [2.45, 2.75) is 70.6 Å². The van der Waals surface area contributed by atoms with Crippen LogP contribution in [0.25, 0.3) is 21.9 Å². The van der Waals surface area contributed by atoms with Crippen LogP contribution in [0, 0.1) is 17.8 Å². The average molecular weight is 552 g/mol. The van der Waals surface area contributed by atoms with Crippen LogP contribution in [-0.4, -0.2) is 59.8 Å². The molecule has 3 aliphatic rings. The van der Waals surface area contributed by atoms with E-state index in [2.05, 4.69) is 32.4 Å². The number of carbonyl (C=O) groups is 2. The van der Waals surface area contributed by atoms with E-state index < -0.39 is 5.60 Å². The van der Waals surface area contributed by atoms with Crippen molar-refractivity contribution in [2.75, 3.05) is 18.8 Å². The largest absolute Gasteiger partial charge is 0.444 e. The van der Waals surface area contributed by atoms with E-state index in [0.717, 1.165) is 29.4 Å². The summed E-state index contributed by atoms with van der Waals surface area (Å²) < 4.78 is 9.68. The summed E-state index contributed by atoms with van der Waals surface area (Å²) >= 11 is 0. The van der Waals surface area contributed by atoms with Gasteiger partial charge in [0.15, 0.2) is 5.78 Å². The second-order valence-corrected chi connectivity index (χ2v) is 12.4. The van der Waals surface area contributed by atoms with Gasteiger partial charge in [-0.05, 0) is 77.0 Å². The lowest BCUT2D eigenvalue weighted by atomic mass is 10.0. The number of hydrogen-bond donors (Lipinski definition) is 1. The monoisotopic (exact) mass is 551 g/mol. The van der Waals surface area contributed by atoms with E-state index in [-0.39, 0.29) is 29.7 Å². The molecule has 0 radical (unpaired) electrons. The first-order chi connectivity index (χ1) is 19.7. The lowest BCUT2D eigenvalue weighted by Crippen LogP contribution is -2.35. The van der Waals surface area contributed by atoms with Crippen molar-refractivity contribution in [3.8, 4) is 11.8 Å². The molecule has 10 heteroatoms. The van der Waals surface area contributed by atoms with Gasteiger partial charge < -0.3 is 19.9 Å². The van der Waals surface area contributed by atoms with E-state index in [1.165, 1.54) is 12.8 Å². The minimum absolute atomic E-state index is 0.00511. The predicted octanol–water partition coefficient (Wildman–Crippen LogP) is 4.87. The molecule has 1 saturated heterocycles. The van der Waals surface area contributed by atoms with Crippen molar-refractivity contribution in [3.05, 3.63) is 47.5 Å². The third-order valence-corrected chi connectivity index (χ3v) is 7.97. The van der Waals surface area contributed by atoms with Crippen molar-refractivity contribution < 1.29 is 14.3 Å². The number of benzene rings is 1. The number of carbonyl (C=O) groups excluding carboxylic acids is 2. The number of nitrogen functional groups attached to an aromatic ring is 1. The van der Waals surface area contributed by atoms with Crippen LogP contribution >= 0.6 is 0 Å². The summed E-state index contributed by atoms with van der Waals surface area (Å²) in [5, 5.41) is 5.49. The normalized spacial score (nSPS) is 19.0. The van der Waals surface area contributed by atoms with Crippen LogP contribution in [0.1, 0.15) is 86.6 Å². The van der Waals surface area contributed by atoms with Crippen LogP contribution in [0.15, 0.2) is 30.7 Å². The zero-order valence-corrected chi connectivity index (χ0v) is 23.6. The van der Waals surface area contributed by atoms with Gasteiger partial charge in [-0.15, -0.1) is 0 Å². The Morgan fingerprint density at radius 2 is 1.85 bits per heavy atom. The maximum Gasteiger partial charge on any atom is 0.410 e. The lowest BCUT2D eigenvalue weighted by molar-refractivity contribution is 0.0288. The first kappa shape index (κ1) is 25.6. The SMILES string of the molecule is CC(C)(C)OC(=O)N1CC[C@H](n2nc(C#Cc3ccc4c(c3)ncn4C3CC3)c3c(N)ncc(C(=O)C4CC4)c32)C1. The number of likely N-dealkylation sites (tertiary alicyclic amines) is 1. The Balaban J connectivity index is 1.28. The standard InChI is InChI=1S/C31H33N7O3/c1-31(2,3)41-30(40)36-13-12-21(16-36)38-27-22(28(39)19-6-7-19)15-33-29(32)26(27)23(35-38)10-4-18-5-11-25-24(14-18)34-17-37(25)20-8-9-20/h5,11,14-15,17,19-21H,6-9,12-13,16H2,1-3H3,(H2,32,33)/t21-/m0/s1. The third-order valence-electron chi connectivity index (χ3n) is 7.97. The summed E-state index contributed by atoms with van der Waals surface area (Å²) in [5.74, 6) is 6.80. The second kappa shape index (κ2) is 9.33. The summed E-state index contributed by atoms with van der Waals surface area (Å²) in [7, 11) is 0. The fourth-order valence-electron chi connectivity index (χ4n) is 5.61. The second-order valence-electron chi connectivity index (χ2n) is 12.4. The molecule has 210 valence electrons. The molecular weight excluding hydrogens is 518 g/mol. The number of fused-ring (bicyclic) bond motifs is 2. The Hall–Kier alpha value is -4.39. The Morgan fingerprint density at radius 3 is 2.59 bits per heavy atom. The van der Waals surface area contributed by atoms with Gasteiger partial charge in [0.05, 0.1) is 39.9 Å². The van der Waals surface area contributed by atoms with Crippen LogP contribution in [0.5, 0.6) is 0 Å². The summed E-state index contributed by atoms with van der Waals surface area (Å²) in [6.45, 7) is 6.51. The molecule has 4 aromatic rings. The molecule has 0 spiro atoms. The number of ketones is 1. The molecule has 0 bridgehead atoms. The Morgan fingerprint density at radius 1 is 1.05 bits per heavy atom. The number of aromatic nitrogens is 5. The van der Waals surface area contributed by atoms with E-state index in [9.17, 15) is 9.59 Å². The van der Waals surface area contributed by atoms with Crippen LogP contribution in [0.2, 0.25) is 0 Å². The van der Waals surface area contributed by atoms with Crippen molar-refractivity contribution in [1.82, 2.24) is 29.2 Å². The van der Waals surface area contributed by atoms with Gasteiger partial charge in [0.2, 0.25) is 0 Å². The highest BCUT2D eigenvalue weighted by atomic mass is 16.6. The minimum Gasteiger partial charge on any atom is -0.444 e. The van der Waals surface area contributed by atoms with Crippen LogP contribution in [0.3, 0.4) is 0 Å². The van der Waals surface area contributed by atoms with Gasteiger partial charge in [-0.3, -0.25) is 9.48 Å². The van der Waals surface area contributed by atoms with Crippen molar-refractivity contribution in [1.29, 1.82) is 0 Å². The number of pyridine rings is 1. The highest BCUT2D eigenvalue weighted by Crippen LogP contribution is 2.38. The molecule has 0 unspecified atom stereocenters. The smallest absolute Gasteiger partial charge is 0.410 e. The quantitative estimate of drug-likeness (QED) is 0.284. The molecule has 41 heavy (non-hydrogen) atoms. The van der Waals surface area contributed by atoms with E-state index in [1.807, 2.05) is 43.9 Å². The molecule has 1 aliphatic heterocycles. The Kier molecular flexibility index (Phi) is 5.82. The molecule has 1 atom stereocenters. The Bertz CT molecular complexity index is 1780. The number of nitrogens with two attached hydrogens (primary N) is 1. The zero-order chi connectivity index (χ0) is 28.5. The highest BCUT2D eigenvalue weighted by molar-refractivity contribution is 6.11. The van der Waals surface area contributed by atoms with Crippen molar-refractivity contribution in [2.24, 2.45) is 5.92 Å². The number of nitrogens with zero attached hydrogens (tertiary/aromatic N) is 6. The molecule has 2 saturated carbocycles. The first-order valence-electron chi connectivity index (χ1n) is 14.3. The highest BCUT2D eigenvalue weighted by Gasteiger charge is 2.36. The van der Waals surface area contributed by atoms with Gasteiger partial charge in [-0.25, -0.2) is 14.8 Å². The molecule has 7 rings (SSSR count). The predicted molar refractivity (Wildman–Crippen MR) is 154 cm³/mol. The Labute approximate surface area is 237 Å². The maximum absolute atomic E-state index is 13.3. The molecule has 4 heterocycles. The number of ether oxygens (including phenoxy) is 1. The third kappa shape index (κ3) is 4.79. The molecule has 2 N–H and O–H groups in total. The number of amides is 1. The molecule has 1 aromatic carbocycles. The van der Waals surface area contributed by atoms with Gasteiger partial charge in [0.25, 0.3) is 0 Å². The van der Waals surface area contributed by atoms with E-state index in [4.69, 9.17) is 15.6 Å². The van der Waals surface area contributed by atoms with Crippen LogP contribution in [0.4, 0.5) is 10.6 Å². The number of rotatable bonds is 4. The lowest BCUT2D eigenvalue weighted by Gasteiger charge is -2.24. The number of imidazole rings is 1. The zero-order valence-electron chi connectivity index (χ0n) is 23.6. The summed E-state index contributed by atoms with van der Waals surface area (Å²) in [4.78, 5) is 36.8. The molecule has 3 aromatic heterocycles. The van der Waals surface area contributed by atoms with Gasteiger partial charge in [-0.2, -0.15) is 5.10 Å². The molecule has 2 aliphatic carbocycles.